The summed E-state index contributed by atoms with van der Waals surface area (Å²) in [5, 5.41) is 7.70. The van der Waals surface area contributed by atoms with E-state index in [1.54, 1.807) is 12.8 Å². The predicted molar refractivity (Wildman–Crippen MR) is 121 cm³/mol. The third kappa shape index (κ3) is 6.28. The Labute approximate surface area is 183 Å². The molecule has 2 aromatic rings. The Hall–Kier alpha value is -1.93. The molecule has 0 N–H and O–H groups in total. The Morgan fingerprint density at radius 1 is 1.17 bits per heavy atom. The van der Waals surface area contributed by atoms with Crippen molar-refractivity contribution in [2.75, 3.05) is 32.8 Å². The molecule has 1 aromatic heterocycles. The molecule has 1 radical (unpaired) electrons. The van der Waals surface area contributed by atoms with Gasteiger partial charge in [0.1, 0.15) is 11.3 Å². The van der Waals surface area contributed by atoms with E-state index >= 15 is 0 Å². The molecular formula is C22H30BN4O2S. The molecular weight excluding hydrogens is 395 g/mol. The maximum atomic E-state index is 12.4. The highest BCUT2D eigenvalue weighted by Gasteiger charge is 2.23. The Morgan fingerprint density at radius 2 is 2.00 bits per heavy atom. The molecule has 8 heteroatoms. The van der Waals surface area contributed by atoms with Crippen molar-refractivity contribution in [1.82, 2.24) is 20.0 Å². The highest BCUT2D eigenvalue weighted by atomic mass is 32.1. The number of hydrogen-bond acceptors (Lipinski definition) is 6. The van der Waals surface area contributed by atoms with Gasteiger partial charge in [0.05, 0.1) is 11.5 Å². The quantitative estimate of drug-likeness (QED) is 0.609. The second-order valence-corrected chi connectivity index (χ2v) is 9.18. The zero-order chi connectivity index (χ0) is 20.6. The largest absolute Gasteiger partial charge is 0.494 e. The molecule has 1 saturated carbocycles. The standard InChI is InChI=1S/C22H30BN4O2S/c28-22(23-21-25-24-17-30-21)27-12-10-26(11-13-27)16-19-7-4-8-20(15-19)29-14-9-18-5-2-1-3-6-18/h4,7-8,15,17-18H,1-3,5-6,9-14,16H2. The number of benzene rings is 1. The first-order chi connectivity index (χ1) is 14.8. The summed E-state index contributed by atoms with van der Waals surface area (Å²) in [4.78, 5) is 17.3. The van der Waals surface area contributed by atoms with Crippen molar-refractivity contribution >= 4 is 29.3 Å². The number of ether oxygens (including phenoxy) is 1. The van der Waals surface area contributed by atoms with Crippen LogP contribution in [-0.2, 0) is 6.54 Å². The molecule has 1 aliphatic heterocycles. The van der Waals surface area contributed by atoms with Gasteiger partial charge >= 0.3 is 7.28 Å². The zero-order valence-corrected chi connectivity index (χ0v) is 18.4. The fraction of sp³-hybridized carbons (Fsp3) is 0.591. The molecule has 4 rings (SSSR count). The van der Waals surface area contributed by atoms with Gasteiger partial charge in [-0.1, -0.05) is 44.2 Å². The van der Waals surface area contributed by atoms with Gasteiger partial charge in [-0.3, -0.25) is 9.69 Å². The van der Waals surface area contributed by atoms with Gasteiger partial charge in [0, 0.05) is 32.7 Å². The fourth-order valence-electron chi connectivity index (χ4n) is 4.38. The van der Waals surface area contributed by atoms with Gasteiger partial charge in [0.15, 0.2) is 5.81 Å². The molecule has 2 heterocycles. The number of amides is 1. The monoisotopic (exact) mass is 425 g/mol. The minimum Gasteiger partial charge on any atom is -0.494 e. The van der Waals surface area contributed by atoms with Crippen molar-refractivity contribution in [3.8, 4) is 5.75 Å². The molecule has 0 bridgehead atoms. The lowest BCUT2D eigenvalue weighted by atomic mass is 9.78. The van der Waals surface area contributed by atoms with Crippen LogP contribution in [0.2, 0.25) is 0 Å². The van der Waals surface area contributed by atoms with Crippen LogP contribution in [0.15, 0.2) is 29.8 Å². The molecule has 2 aliphatic rings. The van der Waals surface area contributed by atoms with E-state index < -0.39 is 0 Å². The van der Waals surface area contributed by atoms with Gasteiger partial charge in [0.2, 0.25) is 0 Å². The van der Waals surface area contributed by atoms with Gasteiger partial charge in [0.25, 0.3) is 0 Å². The van der Waals surface area contributed by atoms with E-state index in [4.69, 9.17) is 4.74 Å². The Morgan fingerprint density at radius 3 is 2.77 bits per heavy atom. The topological polar surface area (TPSA) is 58.6 Å². The zero-order valence-electron chi connectivity index (χ0n) is 17.5. The van der Waals surface area contributed by atoms with Crippen LogP contribution in [0.25, 0.3) is 0 Å². The van der Waals surface area contributed by atoms with Gasteiger partial charge in [-0.05, 0) is 30.0 Å². The molecule has 0 atom stereocenters. The molecule has 30 heavy (non-hydrogen) atoms. The van der Waals surface area contributed by atoms with Gasteiger partial charge in [-0.2, -0.15) is 5.10 Å². The van der Waals surface area contributed by atoms with E-state index in [0.717, 1.165) is 51.0 Å². The molecule has 1 saturated heterocycles. The maximum Gasteiger partial charge on any atom is 0.313 e. The summed E-state index contributed by atoms with van der Waals surface area (Å²) >= 11 is 1.38. The Kier molecular flexibility index (Phi) is 7.75. The summed E-state index contributed by atoms with van der Waals surface area (Å²) in [6.07, 6.45) is 8.10. The Bertz CT molecular complexity index is 790. The molecule has 1 aromatic carbocycles. The van der Waals surface area contributed by atoms with Gasteiger partial charge in [-0.25, -0.2) is 0 Å². The van der Waals surface area contributed by atoms with E-state index in [-0.39, 0.29) is 5.81 Å². The number of carbonyl (C=O) groups is 1. The lowest BCUT2D eigenvalue weighted by Crippen LogP contribution is -2.50. The summed E-state index contributed by atoms with van der Waals surface area (Å²) in [5.41, 5.74) is 2.91. The van der Waals surface area contributed by atoms with E-state index in [1.807, 2.05) is 4.90 Å². The highest BCUT2D eigenvalue weighted by Crippen LogP contribution is 2.26. The van der Waals surface area contributed by atoms with Crippen molar-refractivity contribution in [2.24, 2.45) is 5.92 Å². The lowest BCUT2D eigenvalue weighted by Gasteiger charge is -2.35. The number of carbonyl (C=O) groups excluding carboxylic acids is 1. The van der Waals surface area contributed by atoms with E-state index in [9.17, 15) is 4.79 Å². The van der Waals surface area contributed by atoms with Crippen molar-refractivity contribution < 1.29 is 9.53 Å². The maximum absolute atomic E-state index is 12.4. The SMILES string of the molecule is O=C([B]c1nncs1)N1CCN(Cc2cccc(OCCC3CCCCC3)c2)CC1. The minimum atomic E-state index is 0.0276. The lowest BCUT2D eigenvalue weighted by molar-refractivity contribution is 0.148. The number of piperazine rings is 1. The summed E-state index contributed by atoms with van der Waals surface area (Å²) in [5.74, 6) is 1.86. The van der Waals surface area contributed by atoms with Crippen LogP contribution in [0.1, 0.15) is 44.1 Å². The van der Waals surface area contributed by atoms with Crippen molar-refractivity contribution in [3.05, 3.63) is 35.3 Å². The average Bonchev–Trinajstić information content (AvgIpc) is 3.28. The third-order valence-electron chi connectivity index (χ3n) is 6.13. The summed E-state index contributed by atoms with van der Waals surface area (Å²) in [6, 6.07) is 8.47. The predicted octanol–water partition coefficient (Wildman–Crippen LogP) is 3.15. The summed E-state index contributed by atoms with van der Waals surface area (Å²) in [6.45, 7) is 4.95. The highest BCUT2D eigenvalue weighted by molar-refractivity contribution is 7.21. The second kappa shape index (κ2) is 10.9. The normalized spacial score (nSPS) is 18.3. The molecule has 159 valence electrons. The molecule has 6 nitrogen and oxygen atoms in total. The minimum absolute atomic E-state index is 0.0276. The smallest absolute Gasteiger partial charge is 0.313 e. The van der Waals surface area contributed by atoms with Crippen LogP contribution in [0, 0.1) is 5.92 Å². The third-order valence-corrected chi connectivity index (χ3v) is 6.77. The van der Waals surface area contributed by atoms with E-state index in [1.165, 1.54) is 55.4 Å². The average molecular weight is 425 g/mol. The van der Waals surface area contributed by atoms with Crippen LogP contribution in [0.3, 0.4) is 0 Å². The van der Waals surface area contributed by atoms with Gasteiger partial charge < -0.3 is 9.64 Å². The van der Waals surface area contributed by atoms with Crippen LogP contribution in [0.4, 0.5) is 4.79 Å². The van der Waals surface area contributed by atoms with Crippen molar-refractivity contribution in [1.29, 1.82) is 0 Å². The number of aromatic nitrogens is 2. The van der Waals surface area contributed by atoms with Crippen LogP contribution in [0.5, 0.6) is 5.75 Å². The molecule has 2 fully saturated rings. The first-order valence-electron chi connectivity index (χ1n) is 11.1. The summed E-state index contributed by atoms with van der Waals surface area (Å²) in [7, 11) is 1.58. The second-order valence-electron chi connectivity index (χ2n) is 8.31. The van der Waals surface area contributed by atoms with Gasteiger partial charge in [-0.15, -0.1) is 16.4 Å². The van der Waals surface area contributed by atoms with Crippen molar-refractivity contribution in [2.45, 2.75) is 45.1 Å². The van der Waals surface area contributed by atoms with E-state index in [0.29, 0.717) is 4.91 Å². The number of nitrogens with zero attached hydrogens (tertiary/aromatic N) is 4. The Balaban J connectivity index is 1.19. The summed E-state index contributed by atoms with van der Waals surface area (Å²) < 4.78 is 6.05. The van der Waals surface area contributed by atoms with Crippen molar-refractivity contribution in [3.63, 3.8) is 0 Å². The van der Waals surface area contributed by atoms with Crippen LogP contribution in [-0.4, -0.2) is 65.9 Å². The first kappa shape index (κ1) is 21.3. The first-order valence-corrected chi connectivity index (χ1v) is 12.0. The molecule has 0 unspecified atom stereocenters. The van der Waals surface area contributed by atoms with Crippen LogP contribution < -0.4 is 9.64 Å². The van der Waals surface area contributed by atoms with E-state index in [2.05, 4.69) is 39.4 Å². The molecule has 1 aliphatic carbocycles. The number of rotatable bonds is 8. The number of hydrogen-bond donors (Lipinski definition) is 0. The molecule has 1 amide bonds. The molecule has 0 spiro atoms. The van der Waals surface area contributed by atoms with Crippen LogP contribution >= 0.6 is 11.3 Å². The fourth-order valence-corrected chi connectivity index (χ4v) is 4.84.